The number of benzene rings is 2. The Hall–Kier alpha value is -4.53. The first kappa shape index (κ1) is 33.8. The van der Waals surface area contributed by atoms with Crippen molar-refractivity contribution in [1.82, 2.24) is 14.2 Å². The number of methoxy groups -OCH3 is 5. The van der Waals surface area contributed by atoms with Crippen molar-refractivity contribution in [2.45, 2.75) is 30.9 Å². The lowest BCUT2D eigenvalue weighted by Crippen LogP contribution is -2.53. The Bertz CT molecular complexity index is 1850. The standard InChI is InChI=1S/C33H39N3O10S/c1-7-9-28(35-12-14-36(15-13-35)47(38,39)23-10-8-11-34-20-23)46-33-30(37)29-24(41-3)18-22(40-2)19-25(29)45-31(33)21-16-26(42-4)32(44-6)27(17-21)43-5/h8,10-11,16-20,28H,7,9,12-15H2,1-6H3. The number of nitrogens with zero attached hydrogens (tertiary/aromatic N) is 3. The van der Waals surface area contributed by atoms with Gasteiger partial charge in [0.2, 0.25) is 27.0 Å². The Morgan fingerprint density at radius 1 is 0.872 bits per heavy atom. The summed E-state index contributed by atoms with van der Waals surface area (Å²) in [5.41, 5.74) is 0.217. The average molecular weight is 670 g/mol. The van der Waals surface area contributed by atoms with Crippen LogP contribution in [0.5, 0.6) is 34.5 Å². The molecule has 0 N–H and O–H groups in total. The lowest BCUT2D eigenvalue weighted by Gasteiger charge is -2.38. The van der Waals surface area contributed by atoms with E-state index in [1.54, 1.807) is 30.3 Å². The molecule has 2 aromatic carbocycles. The van der Waals surface area contributed by atoms with Crippen LogP contribution in [0, 0.1) is 0 Å². The molecule has 1 aliphatic rings. The van der Waals surface area contributed by atoms with Gasteiger partial charge < -0.3 is 32.8 Å². The lowest BCUT2D eigenvalue weighted by molar-refractivity contribution is -0.00175. The van der Waals surface area contributed by atoms with Crippen LogP contribution in [-0.4, -0.2) is 90.6 Å². The summed E-state index contributed by atoms with van der Waals surface area (Å²) in [6, 6.07) is 9.69. The number of sulfonamides is 1. The van der Waals surface area contributed by atoms with Crippen molar-refractivity contribution in [3.63, 3.8) is 0 Å². The van der Waals surface area contributed by atoms with Crippen LogP contribution in [-0.2, 0) is 10.0 Å². The molecule has 47 heavy (non-hydrogen) atoms. The molecule has 0 bridgehead atoms. The zero-order valence-electron chi connectivity index (χ0n) is 27.3. The fraction of sp³-hybridized carbons (Fsp3) is 0.394. The molecular weight excluding hydrogens is 630 g/mol. The molecule has 13 nitrogen and oxygen atoms in total. The number of rotatable bonds is 13. The summed E-state index contributed by atoms with van der Waals surface area (Å²) in [5, 5.41) is 0.183. The summed E-state index contributed by atoms with van der Waals surface area (Å²) >= 11 is 0. The minimum atomic E-state index is -3.71. The van der Waals surface area contributed by atoms with Gasteiger partial charge >= 0.3 is 0 Å². The van der Waals surface area contributed by atoms with Gasteiger partial charge in [-0.05, 0) is 30.7 Å². The van der Waals surface area contributed by atoms with Gasteiger partial charge in [-0.3, -0.25) is 14.7 Å². The average Bonchev–Trinajstić information content (AvgIpc) is 3.11. The zero-order chi connectivity index (χ0) is 33.7. The quantitative estimate of drug-likeness (QED) is 0.199. The molecule has 3 heterocycles. The van der Waals surface area contributed by atoms with Gasteiger partial charge in [-0.25, -0.2) is 8.42 Å². The van der Waals surface area contributed by atoms with Gasteiger partial charge in [0.1, 0.15) is 27.4 Å². The summed E-state index contributed by atoms with van der Waals surface area (Å²) in [5.74, 6) is 1.87. The van der Waals surface area contributed by atoms with Crippen molar-refractivity contribution >= 4 is 21.0 Å². The molecule has 1 atom stereocenters. The summed E-state index contributed by atoms with van der Waals surface area (Å²) < 4.78 is 68.7. The molecule has 0 spiro atoms. The molecular formula is C33H39N3O10S. The Balaban J connectivity index is 1.59. The normalized spacial score (nSPS) is 14.9. The fourth-order valence-electron chi connectivity index (χ4n) is 5.61. The van der Waals surface area contributed by atoms with Crippen LogP contribution < -0.4 is 33.8 Å². The maximum Gasteiger partial charge on any atom is 0.244 e. The number of piperazine rings is 1. The van der Waals surface area contributed by atoms with Gasteiger partial charge in [-0.2, -0.15) is 4.31 Å². The Labute approximate surface area is 273 Å². The molecule has 5 rings (SSSR count). The van der Waals surface area contributed by atoms with E-state index in [9.17, 15) is 13.2 Å². The minimum absolute atomic E-state index is 0.0425. The third kappa shape index (κ3) is 6.66. The predicted molar refractivity (Wildman–Crippen MR) is 175 cm³/mol. The summed E-state index contributed by atoms with van der Waals surface area (Å²) in [4.78, 5) is 20.5. The highest BCUT2D eigenvalue weighted by Crippen LogP contribution is 2.44. The van der Waals surface area contributed by atoms with Crippen LogP contribution in [0.4, 0.5) is 0 Å². The third-order valence-electron chi connectivity index (χ3n) is 8.02. The Morgan fingerprint density at radius 3 is 2.11 bits per heavy atom. The number of pyridine rings is 1. The number of ether oxygens (including phenoxy) is 6. The second-order valence-electron chi connectivity index (χ2n) is 10.7. The predicted octanol–water partition coefficient (Wildman–Crippen LogP) is 4.41. The topological polar surface area (TPSA) is 139 Å². The molecule has 1 unspecified atom stereocenters. The van der Waals surface area contributed by atoms with Gasteiger partial charge in [0, 0.05) is 56.3 Å². The molecule has 0 saturated carbocycles. The number of fused-ring (bicyclic) bond motifs is 1. The van der Waals surface area contributed by atoms with Crippen LogP contribution in [0.2, 0.25) is 0 Å². The first-order valence-electron chi connectivity index (χ1n) is 15.0. The van der Waals surface area contributed by atoms with Crippen molar-refractivity contribution in [2.75, 3.05) is 61.7 Å². The molecule has 0 amide bonds. The molecule has 1 saturated heterocycles. The Morgan fingerprint density at radius 2 is 1.55 bits per heavy atom. The first-order chi connectivity index (χ1) is 22.7. The molecule has 1 fully saturated rings. The SMILES string of the molecule is CCCC(Oc1c(-c2cc(OC)c(OC)c(OC)c2)oc2cc(OC)cc(OC)c2c1=O)N1CCN(S(=O)(=O)c2cccnc2)CC1. The van der Waals surface area contributed by atoms with E-state index >= 15 is 0 Å². The van der Waals surface area contributed by atoms with Crippen molar-refractivity contribution in [1.29, 1.82) is 0 Å². The molecule has 0 aliphatic carbocycles. The van der Waals surface area contributed by atoms with Crippen LogP contribution in [0.3, 0.4) is 0 Å². The number of hydrogen-bond donors (Lipinski definition) is 0. The number of aromatic nitrogens is 1. The van der Waals surface area contributed by atoms with E-state index < -0.39 is 21.7 Å². The van der Waals surface area contributed by atoms with Gasteiger partial charge in [0.15, 0.2) is 23.5 Å². The molecule has 4 aromatic rings. The fourth-order valence-corrected chi connectivity index (χ4v) is 7.00. The van der Waals surface area contributed by atoms with Gasteiger partial charge in [0.05, 0.1) is 35.5 Å². The highest BCUT2D eigenvalue weighted by molar-refractivity contribution is 7.89. The summed E-state index contributed by atoms with van der Waals surface area (Å²) in [6.45, 7) is 3.24. The van der Waals surface area contributed by atoms with Crippen LogP contribution >= 0.6 is 0 Å². The van der Waals surface area contributed by atoms with E-state index in [1.807, 2.05) is 11.8 Å². The largest absolute Gasteiger partial charge is 0.496 e. The van der Waals surface area contributed by atoms with Crippen molar-refractivity contribution in [3.8, 4) is 45.8 Å². The first-order valence-corrected chi connectivity index (χ1v) is 16.5. The smallest absolute Gasteiger partial charge is 0.244 e. The lowest BCUT2D eigenvalue weighted by atomic mass is 10.1. The minimum Gasteiger partial charge on any atom is -0.496 e. The van der Waals surface area contributed by atoms with E-state index in [0.29, 0.717) is 48.1 Å². The van der Waals surface area contributed by atoms with E-state index in [4.69, 9.17) is 32.8 Å². The van der Waals surface area contributed by atoms with E-state index in [-0.39, 0.29) is 46.2 Å². The van der Waals surface area contributed by atoms with Crippen molar-refractivity contribution < 1.29 is 41.3 Å². The van der Waals surface area contributed by atoms with Gasteiger partial charge in [-0.15, -0.1) is 0 Å². The van der Waals surface area contributed by atoms with Crippen LogP contribution in [0.25, 0.3) is 22.3 Å². The summed E-state index contributed by atoms with van der Waals surface area (Å²) in [7, 11) is 3.75. The second-order valence-corrected chi connectivity index (χ2v) is 12.6. The molecule has 0 radical (unpaired) electrons. The second kappa shape index (κ2) is 14.5. The van der Waals surface area contributed by atoms with Crippen molar-refractivity contribution in [3.05, 3.63) is 59.0 Å². The number of hydrogen-bond acceptors (Lipinski definition) is 12. The maximum atomic E-state index is 14.4. The molecule has 2 aromatic heterocycles. The zero-order valence-corrected chi connectivity index (χ0v) is 28.1. The van der Waals surface area contributed by atoms with E-state index in [0.717, 1.165) is 6.42 Å². The monoisotopic (exact) mass is 669 g/mol. The highest BCUT2D eigenvalue weighted by Gasteiger charge is 2.33. The van der Waals surface area contributed by atoms with E-state index in [1.165, 1.54) is 58.3 Å². The molecule has 14 heteroatoms. The van der Waals surface area contributed by atoms with Crippen LogP contribution in [0.15, 0.2) is 62.9 Å². The summed E-state index contributed by atoms with van der Waals surface area (Å²) in [6.07, 6.45) is 3.59. The third-order valence-corrected chi connectivity index (χ3v) is 9.90. The van der Waals surface area contributed by atoms with Gasteiger partial charge in [0.25, 0.3) is 0 Å². The van der Waals surface area contributed by atoms with Crippen molar-refractivity contribution in [2.24, 2.45) is 0 Å². The highest BCUT2D eigenvalue weighted by atomic mass is 32.2. The Kier molecular flexibility index (Phi) is 10.4. The van der Waals surface area contributed by atoms with Crippen LogP contribution in [0.1, 0.15) is 19.8 Å². The molecule has 252 valence electrons. The maximum absolute atomic E-state index is 14.4. The van der Waals surface area contributed by atoms with Gasteiger partial charge in [-0.1, -0.05) is 13.3 Å². The van der Waals surface area contributed by atoms with E-state index in [2.05, 4.69) is 4.98 Å². The molecule has 1 aliphatic heterocycles.